The monoisotopic (exact) mass is 290 g/mol. The fourth-order valence-corrected chi connectivity index (χ4v) is 2.34. The second-order valence-corrected chi connectivity index (χ2v) is 4.56. The normalized spacial score (nSPS) is 12.1. The van der Waals surface area contributed by atoms with Crippen LogP contribution in [0.15, 0.2) is 0 Å². The maximum absolute atomic E-state index is 13.1. The SMILES string of the molecule is CCOP(=O)(OCC)C(F)(F)C#CBr. The summed E-state index contributed by atoms with van der Waals surface area (Å²) in [4.78, 5) is 1.81. The third kappa shape index (κ3) is 3.32. The highest BCUT2D eigenvalue weighted by atomic mass is 79.9. The van der Waals surface area contributed by atoms with Gasteiger partial charge in [0, 0.05) is 15.9 Å². The summed E-state index contributed by atoms with van der Waals surface area (Å²) in [6.45, 7) is 2.64. The number of hydrogen-bond donors (Lipinski definition) is 0. The van der Waals surface area contributed by atoms with Crippen molar-refractivity contribution >= 4 is 23.5 Å². The van der Waals surface area contributed by atoms with Crippen molar-refractivity contribution < 1.29 is 22.4 Å². The van der Waals surface area contributed by atoms with Crippen LogP contribution >= 0.6 is 23.5 Å². The number of alkyl halides is 2. The third-order valence-electron chi connectivity index (χ3n) is 1.14. The zero-order valence-corrected chi connectivity index (χ0v) is 10.2. The van der Waals surface area contributed by atoms with Crippen molar-refractivity contribution in [3.8, 4) is 10.8 Å². The van der Waals surface area contributed by atoms with Crippen LogP contribution in [0.4, 0.5) is 8.78 Å². The van der Waals surface area contributed by atoms with Crippen LogP contribution in [0.2, 0.25) is 0 Å². The highest BCUT2D eigenvalue weighted by molar-refractivity contribution is 9.12. The van der Waals surface area contributed by atoms with E-state index in [1.807, 2.05) is 4.83 Å². The van der Waals surface area contributed by atoms with E-state index in [9.17, 15) is 13.3 Å². The number of rotatable bonds is 5. The molecule has 7 heteroatoms. The van der Waals surface area contributed by atoms with Gasteiger partial charge in [0.1, 0.15) is 0 Å². The maximum atomic E-state index is 13.1. The van der Waals surface area contributed by atoms with Crippen LogP contribution in [0.1, 0.15) is 13.8 Å². The molecule has 0 saturated carbocycles. The molecule has 0 aliphatic rings. The molecule has 0 aliphatic carbocycles. The van der Waals surface area contributed by atoms with Crippen LogP contribution in [0, 0.1) is 10.8 Å². The molecule has 0 fully saturated rings. The van der Waals surface area contributed by atoms with Gasteiger partial charge >= 0.3 is 13.3 Å². The Bertz CT molecular complexity index is 274. The first kappa shape index (κ1) is 14.1. The molecule has 82 valence electrons. The largest absolute Gasteiger partial charge is 0.412 e. The first-order valence-corrected chi connectivity index (χ1v) is 6.17. The first-order valence-electron chi connectivity index (χ1n) is 3.83. The van der Waals surface area contributed by atoms with Crippen LogP contribution in [-0.2, 0) is 13.6 Å². The van der Waals surface area contributed by atoms with Gasteiger partial charge in [-0.25, -0.2) is 0 Å². The Labute approximate surface area is 89.8 Å². The van der Waals surface area contributed by atoms with E-state index in [4.69, 9.17) is 0 Å². The van der Waals surface area contributed by atoms with Crippen molar-refractivity contribution in [3.63, 3.8) is 0 Å². The van der Waals surface area contributed by atoms with Crippen LogP contribution in [0.25, 0.3) is 0 Å². The summed E-state index contributed by atoms with van der Waals surface area (Å²) in [6, 6.07) is 0. The van der Waals surface area contributed by atoms with E-state index in [0.29, 0.717) is 0 Å². The minimum Gasteiger partial charge on any atom is -0.304 e. The molecule has 0 atom stereocenters. The Balaban J connectivity index is 4.95. The smallest absolute Gasteiger partial charge is 0.304 e. The second-order valence-electron chi connectivity index (χ2n) is 2.09. The van der Waals surface area contributed by atoms with Gasteiger partial charge in [-0.15, -0.1) is 0 Å². The molecule has 0 bridgehead atoms. The van der Waals surface area contributed by atoms with Crippen molar-refractivity contribution in [1.29, 1.82) is 0 Å². The van der Waals surface area contributed by atoms with Gasteiger partial charge in [-0.05, 0) is 24.6 Å². The van der Waals surface area contributed by atoms with Gasteiger partial charge in [0.2, 0.25) is 0 Å². The number of hydrogen-bond acceptors (Lipinski definition) is 3. The highest BCUT2D eigenvalue weighted by Crippen LogP contribution is 2.61. The zero-order chi connectivity index (χ0) is 11.2. The summed E-state index contributed by atoms with van der Waals surface area (Å²) in [5, 5.41) is 0. The molecule has 0 aromatic heterocycles. The summed E-state index contributed by atoms with van der Waals surface area (Å²) in [5.74, 6) is 1.45. The standard InChI is InChI=1S/C7H10BrF2O3P/c1-3-12-14(11,13-4-2)7(9,10)5-6-8/h3-4H2,1-2H3. The molecule has 0 rings (SSSR count). The van der Waals surface area contributed by atoms with E-state index in [1.54, 1.807) is 0 Å². The maximum Gasteiger partial charge on any atom is 0.412 e. The predicted molar refractivity (Wildman–Crippen MR) is 52.5 cm³/mol. The van der Waals surface area contributed by atoms with E-state index in [1.165, 1.54) is 19.8 Å². The summed E-state index contributed by atoms with van der Waals surface area (Å²) in [6.07, 6.45) is 0. The van der Waals surface area contributed by atoms with Crippen molar-refractivity contribution in [3.05, 3.63) is 0 Å². The fourth-order valence-electron chi connectivity index (χ4n) is 0.665. The zero-order valence-electron chi connectivity index (χ0n) is 7.72. The van der Waals surface area contributed by atoms with Crippen molar-refractivity contribution in [2.24, 2.45) is 0 Å². The molecule has 0 saturated heterocycles. The topological polar surface area (TPSA) is 35.5 Å². The van der Waals surface area contributed by atoms with Crippen LogP contribution < -0.4 is 0 Å². The minimum atomic E-state index is -4.48. The molecular weight excluding hydrogens is 281 g/mol. The molecule has 0 radical (unpaired) electrons. The quantitative estimate of drug-likeness (QED) is 0.576. The van der Waals surface area contributed by atoms with Crippen LogP contribution in [-0.4, -0.2) is 18.9 Å². The van der Waals surface area contributed by atoms with E-state index >= 15 is 0 Å². The van der Waals surface area contributed by atoms with Crippen molar-refractivity contribution in [1.82, 2.24) is 0 Å². The predicted octanol–water partition coefficient (Wildman–Crippen LogP) is 3.20. The van der Waals surface area contributed by atoms with Crippen molar-refractivity contribution in [2.45, 2.75) is 19.5 Å². The fraction of sp³-hybridized carbons (Fsp3) is 0.714. The van der Waals surface area contributed by atoms with E-state index in [-0.39, 0.29) is 13.2 Å². The van der Waals surface area contributed by atoms with E-state index in [2.05, 4.69) is 25.0 Å². The lowest BCUT2D eigenvalue weighted by atomic mass is 10.7. The third-order valence-corrected chi connectivity index (χ3v) is 3.33. The molecule has 0 amide bonds. The van der Waals surface area contributed by atoms with Gasteiger partial charge in [0.05, 0.1) is 13.2 Å². The Morgan fingerprint density at radius 2 is 1.79 bits per heavy atom. The Kier molecular flexibility index (Phi) is 5.84. The molecule has 0 aliphatic heterocycles. The van der Waals surface area contributed by atoms with Gasteiger partial charge in [0.25, 0.3) is 0 Å². The Morgan fingerprint density at radius 3 is 2.07 bits per heavy atom. The molecular formula is C7H10BrF2O3P. The summed E-state index contributed by atoms with van der Waals surface area (Å²) in [7, 11) is -4.48. The van der Waals surface area contributed by atoms with Gasteiger partial charge < -0.3 is 9.05 Å². The summed E-state index contributed by atoms with van der Waals surface area (Å²) >= 11 is 2.51. The van der Waals surface area contributed by atoms with Gasteiger partial charge in [-0.1, -0.05) is 0 Å². The first-order chi connectivity index (χ1) is 6.43. The van der Waals surface area contributed by atoms with Gasteiger partial charge in [-0.2, -0.15) is 8.78 Å². The van der Waals surface area contributed by atoms with E-state index in [0.717, 1.165) is 0 Å². The molecule has 0 spiro atoms. The Hall–Kier alpha value is 0.0500. The molecule has 0 unspecified atom stereocenters. The molecule has 14 heavy (non-hydrogen) atoms. The summed E-state index contributed by atoms with van der Waals surface area (Å²) in [5.41, 5.74) is -3.79. The average Bonchev–Trinajstić information content (AvgIpc) is 2.04. The van der Waals surface area contributed by atoms with Crippen molar-refractivity contribution in [2.75, 3.05) is 13.2 Å². The highest BCUT2D eigenvalue weighted by Gasteiger charge is 2.52. The minimum absolute atomic E-state index is 0.128. The summed E-state index contributed by atoms with van der Waals surface area (Å²) < 4.78 is 46.7. The average molecular weight is 291 g/mol. The lowest BCUT2D eigenvalue weighted by Gasteiger charge is -2.21. The number of halogens is 3. The second kappa shape index (κ2) is 5.82. The molecule has 0 N–H and O–H groups in total. The van der Waals surface area contributed by atoms with E-state index < -0.39 is 13.3 Å². The van der Waals surface area contributed by atoms with Crippen LogP contribution in [0.3, 0.4) is 0 Å². The lowest BCUT2D eigenvalue weighted by molar-refractivity contribution is 0.0871. The molecule has 0 aromatic rings. The lowest BCUT2D eigenvalue weighted by Crippen LogP contribution is -2.18. The van der Waals surface area contributed by atoms with Gasteiger partial charge in [0.15, 0.2) is 0 Å². The molecule has 3 nitrogen and oxygen atoms in total. The van der Waals surface area contributed by atoms with Crippen LogP contribution in [0.5, 0.6) is 0 Å². The molecule has 0 aromatic carbocycles. The van der Waals surface area contributed by atoms with Gasteiger partial charge in [-0.3, -0.25) is 4.57 Å². The molecule has 0 heterocycles. The Morgan fingerprint density at radius 1 is 1.36 bits per heavy atom.